The van der Waals surface area contributed by atoms with Gasteiger partial charge in [-0.05, 0) is 50.4 Å². The maximum Gasteiger partial charge on any atom is 0.225 e. The average Bonchev–Trinajstić information content (AvgIpc) is 2.40. The molecule has 0 aromatic carbocycles. The Kier molecular flexibility index (Phi) is 2.91. The molecule has 1 aliphatic heterocycles. The van der Waals surface area contributed by atoms with Gasteiger partial charge in [-0.3, -0.25) is 4.79 Å². The van der Waals surface area contributed by atoms with Crippen LogP contribution in [-0.2, 0) is 4.79 Å². The van der Waals surface area contributed by atoms with Crippen molar-refractivity contribution in [3.63, 3.8) is 0 Å². The van der Waals surface area contributed by atoms with Crippen LogP contribution < -0.4 is 0 Å². The van der Waals surface area contributed by atoms with Gasteiger partial charge in [-0.25, -0.2) is 0 Å². The molecule has 1 saturated heterocycles. The predicted molar refractivity (Wildman–Crippen MR) is 64.0 cm³/mol. The molecule has 0 spiro atoms. The van der Waals surface area contributed by atoms with Gasteiger partial charge in [0.05, 0.1) is 0 Å². The Morgan fingerprint density at radius 2 is 1.62 bits per heavy atom. The third-order valence-electron chi connectivity index (χ3n) is 5.03. The van der Waals surface area contributed by atoms with E-state index < -0.39 is 0 Å². The first kappa shape index (κ1) is 10.6. The Morgan fingerprint density at radius 1 is 0.938 bits per heavy atom. The molecular formula is C14H23NO. The molecule has 0 N–H and O–H groups in total. The highest BCUT2D eigenvalue weighted by Crippen LogP contribution is 2.45. The normalized spacial score (nSPS) is 38.8. The zero-order valence-corrected chi connectivity index (χ0v) is 10.2. The highest BCUT2D eigenvalue weighted by molar-refractivity contribution is 5.79. The van der Waals surface area contributed by atoms with Crippen LogP contribution in [-0.4, -0.2) is 23.9 Å². The van der Waals surface area contributed by atoms with Gasteiger partial charge < -0.3 is 4.90 Å². The van der Waals surface area contributed by atoms with Crippen molar-refractivity contribution in [1.82, 2.24) is 4.90 Å². The molecule has 1 amide bonds. The van der Waals surface area contributed by atoms with E-state index in [9.17, 15) is 4.79 Å². The molecule has 16 heavy (non-hydrogen) atoms. The Hall–Kier alpha value is -0.530. The van der Waals surface area contributed by atoms with Crippen molar-refractivity contribution in [3.8, 4) is 0 Å². The van der Waals surface area contributed by atoms with Gasteiger partial charge in [0.2, 0.25) is 5.91 Å². The van der Waals surface area contributed by atoms with Crippen molar-refractivity contribution in [2.24, 2.45) is 17.8 Å². The summed E-state index contributed by atoms with van der Waals surface area (Å²) in [7, 11) is 0. The predicted octanol–water partition coefficient (Wildman–Crippen LogP) is 2.83. The second kappa shape index (κ2) is 4.38. The lowest BCUT2D eigenvalue weighted by atomic mass is 9.64. The van der Waals surface area contributed by atoms with E-state index in [1.165, 1.54) is 51.4 Å². The molecule has 1 unspecified atom stereocenters. The summed E-state index contributed by atoms with van der Waals surface area (Å²) in [6, 6.07) is 0. The number of hydrogen-bond donors (Lipinski definition) is 0. The highest BCUT2D eigenvalue weighted by atomic mass is 16.2. The summed E-state index contributed by atoms with van der Waals surface area (Å²) in [5.41, 5.74) is 0. The van der Waals surface area contributed by atoms with Crippen molar-refractivity contribution in [2.45, 2.75) is 51.4 Å². The molecule has 4 fully saturated rings. The molecule has 3 aliphatic carbocycles. The summed E-state index contributed by atoms with van der Waals surface area (Å²) in [6.07, 6.45) is 10.4. The quantitative estimate of drug-likeness (QED) is 0.666. The Morgan fingerprint density at radius 3 is 2.19 bits per heavy atom. The number of likely N-dealkylation sites (tertiary alicyclic amines) is 1. The zero-order chi connectivity index (χ0) is 11.0. The number of fused-ring (bicyclic) bond motifs is 3. The number of amides is 1. The monoisotopic (exact) mass is 221 g/mol. The second-order valence-corrected chi connectivity index (χ2v) is 6.01. The van der Waals surface area contributed by atoms with Crippen LogP contribution in [0.25, 0.3) is 0 Å². The topological polar surface area (TPSA) is 20.3 Å². The number of rotatable bonds is 1. The molecule has 90 valence electrons. The van der Waals surface area contributed by atoms with Gasteiger partial charge in [0.1, 0.15) is 0 Å². The molecule has 1 atom stereocenters. The molecule has 0 radical (unpaired) electrons. The van der Waals surface area contributed by atoms with Crippen LogP contribution >= 0.6 is 0 Å². The molecule has 3 saturated carbocycles. The minimum Gasteiger partial charge on any atom is -0.342 e. The molecule has 2 nitrogen and oxygen atoms in total. The molecule has 4 rings (SSSR count). The Balaban J connectivity index is 1.65. The summed E-state index contributed by atoms with van der Waals surface area (Å²) in [5, 5.41) is 0. The molecular weight excluding hydrogens is 198 g/mol. The lowest BCUT2D eigenvalue weighted by Gasteiger charge is -2.43. The van der Waals surface area contributed by atoms with Gasteiger partial charge in [-0.2, -0.15) is 0 Å². The number of carbonyl (C=O) groups excluding carboxylic acids is 1. The van der Waals surface area contributed by atoms with E-state index in [-0.39, 0.29) is 0 Å². The average molecular weight is 221 g/mol. The molecule has 2 heteroatoms. The largest absolute Gasteiger partial charge is 0.342 e. The van der Waals surface area contributed by atoms with Gasteiger partial charge >= 0.3 is 0 Å². The molecule has 0 aromatic heterocycles. The number of hydrogen-bond acceptors (Lipinski definition) is 1. The first-order valence-corrected chi connectivity index (χ1v) is 7.13. The first-order chi connectivity index (χ1) is 7.84. The van der Waals surface area contributed by atoms with Crippen molar-refractivity contribution in [2.75, 3.05) is 13.1 Å². The number of piperidine rings is 1. The summed E-state index contributed by atoms with van der Waals surface area (Å²) >= 11 is 0. The lowest BCUT2D eigenvalue weighted by molar-refractivity contribution is -0.142. The minimum atomic E-state index is 0.408. The van der Waals surface area contributed by atoms with Crippen molar-refractivity contribution in [3.05, 3.63) is 0 Å². The standard InChI is InChI=1S/C14H23NO/c16-14(15-8-2-1-3-9-15)13-10-11-4-6-12(13)7-5-11/h11-13H,1-10H2. The van der Waals surface area contributed by atoms with Crippen LogP contribution in [0.3, 0.4) is 0 Å². The fourth-order valence-electron chi connectivity index (χ4n) is 4.03. The maximum atomic E-state index is 12.5. The van der Waals surface area contributed by atoms with Crippen LogP contribution in [0.4, 0.5) is 0 Å². The Labute approximate surface area is 98.4 Å². The van der Waals surface area contributed by atoms with Gasteiger partial charge in [0.25, 0.3) is 0 Å². The van der Waals surface area contributed by atoms with E-state index in [0.29, 0.717) is 11.8 Å². The van der Waals surface area contributed by atoms with Crippen molar-refractivity contribution >= 4 is 5.91 Å². The lowest BCUT2D eigenvalue weighted by Crippen LogP contribution is -2.45. The highest BCUT2D eigenvalue weighted by Gasteiger charge is 2.40. The minimum absolute atomic E-state index is 0.408. The van der Waals surface area contributed by atoms with E-state index in [2.05, 4.69) is 4.90 Å². The van der Waals surface area contributed by atoms with E-state index in [1.54, 1.807) is 0 Å². The summed E-state index contributed by atoms with van der Waals surface area (Å²) in [5.74, 6) is 2.53. The zero-order valence-electron chi connectivity index (χ0n) is 10.2. The molecule has 1 heterocycles. The van der Waals surface area contributed by atoms with Crippen LogP contribution in [0.5, 0.6) is 0 Å². The van der Waals surface area contributed by atoms with Crippen LogP contribution in [0.2, 0.25) is 0 Å². The Bertz CT molecular complexity index is 262. The van der Waals surface area contributed by atoms with Gasteiger partial charge in [0.15, 0.2) is 0 Å². The molecule has 2 bridgehead atoms. The number of nitrogens with zero attached hydrogens (tertiary/aromatic N) is 1. The summed E-state index contributed by atoms with van der Waals surface area (Å²) < 4.78 is 0. The molecule has 0 aromatic rings. The summed E-state index contributed by atoms with van der Waals surface area (Å²) in [6.45, 7) is 2.07. The smallest absolute Gasteiger partial charge is 0.225 e. The van der Waals surface area contributed by atoms with Crippen LogP contribution in [0.15, 0.2) is 0 Å². The second-order valence-electron chi connectivity index (χ2n) is 6.01. The third kappa shape index (κ3) is 1.87. The van der Waals surface area contributed by atoms with Crippen LogP contribution in [0.1, 0.15) is 51.4 Å². The fourth-order valence-corrected chi connectivity index (χ4v) is 4.03. The summed E-state index contributed by atoms with van der Waals surface area (Å²) in [4.78, 5) is 14.6. The number of carbonyl (C=O) groups is 1. The van der Waals surface area contributed by atoms with E-state index in [4.69, 9.17) is 0 Å². The van der Waals surface area contributed by atoms with Crippen molar-refractivity contribution < 1.29 is 4.79 Å². The fraction of sp³-hybridized carbons (Fsp3) is 0.929. The van der Waals surface area contributed by atoms with Gasteiger partial charge in [-0.15, -0.1) is 0 Å². The molecule has 4 aliphatic rings. The van der Waals surface area contributed by atoms with E-state index in [0.717, 1.165) is 24.9 Å². The third-order valence-corrected chi connectivity index (χ3v) is 5.03. The van der Waals surface area contributed by atoms with Crippen molar-refractivity contribution in [1.29, 1.82) is 0 Å². The van der Waals surface area contributed by atoms with E-state index >= 15 is 0 Å². The first-order valence-electron chi connectivity index (χ1n) is 7.13. The van der Waals surface area contributed by atoms with Gasteiger partial charge in [-0.1, -0.05) is 12.8 Å². The van der Waals surface area contributed by atoms with Gasteiger partial charge in [0, 0.05) is 19.0 Å². The maximum absolute atomic E-state index is 12.5. The van der Waals surface area contributed by atoms with E-state index in [1.807, 2.05) is 0 Å². The SMILES string of the molecule is O=C(C1CC2CCC1CC2)N1CCCCC1. The van der Waals surface area contributed by atoms with Crippen LogP contribution in [0, 0.1) is 17.8 Å².